The monoisotopic (exact) mass is 462 g/mol. The van der Waals surface area contributed by atoms with E-state index in [1.54, 1.807) is 41.2 Å². The molecule has 3 N–H and O–H groups in total. The van der Waals surface area contributed by atoms with Crippen LogP contribution in [0.1, 0.15) is 5.56 Å². The van der Waals surface area contributed by atoms with Crippen molar-refractivity contribution in [3.63, 3.8) is 0 Å². The lowest BCUT2D eigenvalue weighted by atomic mass is 10.1. The predicted molar refractivity (Wildman–Crippen MR) is 117 cm³/mol. The van der Waals surface area contributed by atoms with Crippen molar-refractivity contribution in [1.29, 1.82) is 0 Å². The van der Waals surface area contributed by atoms with Crippen LogP contribution in [0.15, 0.2) is 59.9 Å². The first-order chi connectivity index (χ1) is 14.3. The molecule has 2 heterocycles. The van der Waals surface area contributed by atoms with Gasteiger partial charge < -0.3 is 5.32 Å². The number of fused-ring (bicyclic) bond motifs is 1. The van der Waals surface area contributed by atoms with Crippen LogP contribution in [0, 0.1) is 0 Å². The number of aromatic nitrogens is 4. The summed E-state index contributed by atoms with van der Waals surface area (Å²) >= 11 is 12.3. The van der Waals surface area contributed by atoms with Crippen LogP contribution in [0.5, 0.6) is 0 Å². The van der Waals surface area contributed by atoms with Gasteiger partial charge in [-0.25, -0.2) is 28.2 Å². The number of benzene rings is 2. The zero-order chi connectivity index (χ0) is 21.3. The van der Waals surface area contributed by atoms with E-state index in [1.807, 2.05) is 0 Å². The maximum atomic E-state index is 11.3. The fourth-order valence-electron chi connectivity index (χ4n) is 2.99. The summed E-state index contributed by atoms with van der Waals surface area (Å²) in [6.45, 7) is 0.577. The summed E-state index contributed by atoms with van der Waals surface area (Å²) in [5.41, 5.74) is 2.23. The van der Waals surface area contributed by atoms with Crippen molar-refractivity contribution in [2.24, 2.45) is 5.14 Å². The molecule has 0 bridgehead atoms. The van der Waals surface area contributed by atoms with Crippen molar-refractivity contribution in [3.05, 3.63) is 70.6 Å². The van der Waals surface area contributed by atoms with Gasteiger partial charge in [0.1, 0.15) is 12.1 Å². The van der Waals surface area contributed by atoms with Crippen molar-refractivity contribution in [1.82, 2.24) is 19.7 Å². The van der Waals surface area contributed by atoms with Crippen LogP contribution in [0.4, 0.5) is 5.82 Å². The molecule has 0 aliphatic carbocycles. The third kappa shape index (κ3) is 4.24. The summed E-state index contributed by atoms with van der Waals surface area (Å²) in [6, 6.07) is 11.6. The topological polar surface area (TPSA) is 116 Å². The molecule has 8 nitrogen and oxygen atoms in total. The van der Waals surface area contributed by atoms with Crippen molar-refractivity contribution in [2.75, 3.05) is 11.9 Å². The number of sulfonamides is 1. The Labute approximate surface area is 182 Å². The Morgan fingerprint density at radius 3 is 2.53 bits per heavy atom. The molecule has 0 unspecified atom stereocenters. The zero-order valence-electron chi connectivity index (χ0n) is 15.5. The van der Waals surface area contributed by atoms with E-state index in [9.17, 15) is 8.42 Å². The van der Waals surface area contributed by atoms with E-state index in [4.69, 9.17) is 28.3 Å². The molecule has 154 valence electrons. The Kier molecular flexibility index (Phi) is 5.61. The van der Waals surface area contributed by atoms with E-state index in [0.29, 0.717) is 40.2 Å². The van der Waals surface area contributed by atoms with E-state index < -0.39 is 10.0 Å². The number of halogens is 2. The van der Waals surface area contributed by atoms with Crippen LogP contribution in [-0.2, 0) is 16.4 Å². The molecule has 2 aromatic heterocycles. The van der Waals surface area contributed by atoms with E-state index in [2.05, 4.69) is 20.4 Å². The van der Waals surface area contributed by atoms with Crippen LogP contribution in [-0.4, -0.2) is 34.7 Å². The lowest BCUT2D eigenvalue weighted by Crippen LogP contribution is -2.12. The van der Waals surface area contributed by atoms with Crippen LogP contribution in [0.25, 0.3) is 16.7 Å². The van der Waals surface area contributed by atoms with E-state index >= 15 is 0 Å². The summed E-state index contributed by atoms with van der Waals surface area (Å²) < 4.78 is 24.3. The number of rotatable bonds is 6. The molecule has 0 spiro atoms. The summed E-state index contributed by atoms with van der Waals surface area (Å²) in [5, 5.41) is 14.5. The molecule has 0 radical (unpaired) electrons. The van der Waals surface area contributed by atoms with Gasteiger partial charge >= 0.3 is 0 Å². The lowest BCUT2D eigenvalue weighted by molar-refractivity contribution is 0.598. The highest BCUT2D eigenvalue weighted by Gasteiger charge is 2.13. The second-order valence-corrected chi connectivity index (χ2v) is 8.88. The van der Waals surface area contributed by atoms with Crippen LogP contribution >= 0.6 is 23.2 Å². The zero-order valence-corrected chi connectivity index (χ0v) is 17.8. The molecule has 30 heavy (non-hydrogen) atoms. The van der Waals surface area contributed by atoms with Gasteiger partial charge in [0, 0.05) is 11.6 Å². The highest BCUT2D eigenvalue weighted by molar-refractivity contribution is 7.89. The van der Waals surface area contributed by atoms with E-state index in [0.717, 1.165) is 10.9 Å². The van der Waals surface area contributed by atoms with Gasteiger partial charge in [-0.3, -0.25) is 0 Å². The summed E-state index contributed by atoms with van der Waals surface area (Å²) in [7, 11) is -3.69. The molecule has 11 heteroatoms. The molecular weight excluding hydrogens is 447 g/mol. The third-order valence-corrected chi connectivity index (χ3v) is 5.93. The minimum atomic E-state index is -3.69. The molecule has 0 aliphatic rings. The largest absolute Gasteiger partial charge is 0.369 e. The predicted octanol–water partition coefficient (Wildman–Crippen LogP) is 3.42. The van der Waals surface area contributed by atoms with Crippen molar-refractivity contribution in [2.45, 2.75) is 11.3 Å². The Bertz CT molecular complexity index is 1320. The maximum Gasteiger partial charge on any atom is 0.238 e. The van der Waals surface area contributed by atoms with E-state index in [-0.39, 0.29) is 4.90 Å². The Balaban J connectivity index is 1.52. The first kappa shape index (κ1) is 20.5. The van der Waals surface area contributed by atoms with Crippen LogP contribution < -0.4 is 10.5 Å². The van der Waals surface area contributed by atoms with Gasteiger partial charge in [0.05, 0.1) is 27.2 Å². The van der Waals surface area contributed by atoms with Gasteiger partial charge in [-0.05, 0) is 42.3 Å². The van der Waals surface area contributed by atoms with Gasteiger partial charge in [0.15, 0.2) is 5.65 Å². The molecule has 0 atom stereocenters. The Morgan fingerprint density at radius 2 is 1.83 bits per heavy atom. The molecule has 0 saturated carbocycles. The average molecular weight is 463 g/mol. The van der Waals surface area contributed by atoms with Gasteiger partial charge in [0.25, 0.3) is 0 Å². The smallest absolute Gasteiger partial charge is 0.238 e. The number of anilines is 1. The van der Waals surface area contributed by atoms with Crippen molar-refractivity contribution >= 4 is 50.1 Å². The molecule has 2 aromatic carbocycles. The van der Waals surface area contributed by atoms with Gasteiger partial charge in [-0.2, -0.15) is 5.10 Å². The fourth-order valence-corrected chi connectivity index (χ4v) is 3.99. The molecule has 4 rings (SSSR count). The number of nitrogens with two attached hydrogens (primary N) is 1. The van der Waals surface area contributed by atoms with Crippen molar-refractivity contribution < 1.29 is 8.42 Å². The average Bonchev–Trinajstić information content (AvgIpc) is 3.12. The minimum absolute atomic E-state index is 0.0880. The summed E-state index contributed by atoms with van der Waals surface area (Å²) in [4.78, 5) is 8.72. The molecule has 0 aliphatic heterocycles. The van der Waals surface area contributed by atoms with Crippen LogP contribution in [0.3, 0.4) is 0 Å². The number of nitrogens with one attached hydrogen (secondary N) is 1. The number of hydrogen-bond donors (Lipinski definition) is 2. The van der Waals surface area contributed by atoms with Gasteiger partial charge in [-0.15, -0.1) is 0 Å². The van der Waals surface area contributed by atoms with Gasteiger partial charge in [-0.1, -0.05) is 35.3 Å². The SMILES string of the molecule is NS(=O)(=O)c1ccc(CCNc2ncnc3c2cnn3-c2ccc(Cl)cc2Cl)cc1. The fraction of sp³-hybridized carbons (Fsp3) is 0.105. The quantitative estimate of drug-likeness (QED) is 0.453. The normalized spacial score (nSPS) is 11.7. The molecular formula is C19H16Cl2N6O2S. The maximum absolute atomic E-state index is 11.3. The highest BCUT2D eigenvalue weighted by atomic mass is 35.5. The third-order valence-electron chi connectivity index (χ3n) is 4.46. The standard InChI is InChI=1S/C19H16Cl2N6O2S/c20-13-3-6-17(16(21)9-13)27-19-15(10-26-27)18(24-11-25-19)23-8-7-12-1-4-14(5-2-12)30(22,28)29/h1-6,9-11H,7-8H2,(H2,22,28,29)(H,23,24,25). The highest BCUT2D eigenvalue weighted by Crippen LogP contribution is 2.28. The minimum Gasteiger partial charge on any atom is -0.369 e. The number of hydrogen-bond acceptors (Lipinski definition) is 6. The molecule has 0 fully saturated rings. The number of primary sulfonamides is 1. The first-order valence-corrected chi connectivity index (χ1v) is 11.1. The molecule has 0 amide bonds. The second kappa shape index (κ2) is 8.19. The first-order valence-electron chi connectivity index (χ1n) is 8.83. The Morgan fingerprint density at radius 1 is 1.07 bits per heavy atom. The summed E-state index contributed by atoms with van der Waals surface area (Å²) in [5.74, 6) is 0.637. The van der Waals surface area contributed by atoms with E-state index in [1.165, 1.54) is 18.5 Å². The summed E-state index contributed by atoms with van der Waals surface area (Å²) in [6.07, 6.45) is 3.78. The Hall–Kier alpha value is -2.72. The molecule has 0 saturated heterocycles. The molecule has 4 aromatic rings. The van der Waals surface area contributed by atoms with Gasteiger partial charge in [0.2, 0.25) is 10.0 Å². The lowest BCUT2D eigenvalue weighted by Gasteiger charge is -2.08. The second-order valence-electron chi connectivity index (χ2n) is 6.48. The van der Waals surface area contributed by atoms with Crippen LogP contribution in [0.2, 0.25) is 10.0 Å². The van der Waals surface area contributed by atoms with Crippen molar-refractivity contribution in [3.8, 4) is 5.69 Å². The number of nitrogens with zero attached hydrogens (tertiary/aromatic N) is 4.